The Hall–Kier alpha value is -2.54. The van der Waals surface area contributed by atoms with Gasteiger partial charge in [0.25, 0.3) is 5.91 Å². The van der Waals surface area contributed by atoms with Gasteiger partial charge in [-0.3, -0.25) is 9.78 Å². The molecule has 1 amide bonds. The van der Waals surface area contributed by atoms with Crippen molar-refractivity contribution in [2.75, 3.05) is 38.6 Å². The number of hydrogen-bond donors (Lipinski definition) is 1. The van der Waals surface area contributed by atoms with Crippen LogP contribution in [0.1, 0.15) is 16.1 Å². The number of hydrogen-bond acceptors (Lipinski definition) is 6. The van der Waals surface area contributed by atoms with E-state index in [2.05, 4.69) is 44.2 Å². The number of pyridine rings is 1. The summed E-state index contributed by atoms with van der Waals surface area (Å²) in [4.78, 5) is 29.5. The lowest BCUT2D eigenvalue weighted by Gasteiger charge is -2.22. The van der Waals surface area contributed by atoms with Crippen LogP contribution in [0.3, 0.4) is 0 Å². The van der Waals surface area contributed by atoms with Crippen molar-refractivity contribution in [3.8, 4) is 0 Å². The number of nitrogens with zero attached hydrogens (tertiary/aromatic N) is 5. The molecule has 1 fully saturated rings. The Bertz CT molecular complexity index is 703. The average Bonchev–Trinajstić information content (AvgIpc) is 2.98. The highest BCUT2D eigenvalue weighted by Gasteiger charge is 2.34. The van der Waals surface area contributed by atoms with Crippen molar-refractivity contribution in [1.29, 1.82) is 0 Å². The molecule has 132 valence electrons. The van der Waals surface area contributed by atoms with E-state index >= 15 is 0 Å². The molecule has 0 radical (unpaired) electrons. The summed E-state index contributed by atoms with van der Waals surface area (Å²) in [6.07, 6.45) is 4.93. The molecule has 25 heavy (non-hydrogen) atoms. The maximum Gasteiger partial charge on any atom is 0.253 e. The molecule has 1 saturated heterocycles. The number of aryl methyl sites for hydroxylation is 1. The fraction of sp³-hybridized carbons (Fsp3) is 0.444. The number of carbonyl (C=O) groups excluding carboxylic acids is 1. The van der Waals surface area contributed by atoms with E-state index in [0.29, 0.717) is 11.5 Å². The number of nitrogens with one attached hydrogen (secondary N) is 1. The van der Waals surface area contributed by atoms with Gasteiger partial charge in [-0.15, -0.1) is 0 Å². The molecule has 0 unspecified atom stereocenters. The monoisotopic (exact) mass is 340 g/mol. The minimum Gasteiger partial charge on any atom is -0.354 e. The summed E-state index contributed by atoms with van der Waals surface area (Å²) in [6, 6.07) is 5.64. The van der Waals surface area contributed by atoms with Gasteiger partial charge in [-0.05, 0) is 39.2 Å². The molecule has 0 spiro atoms. The van der Waals surface area contributed by atoms with Crippen LogP contribution in [0.25, 0.3) is 0 Å². The molecule has 1 aliphatic rings. The van der Waals surface area contributed by atoms with Gasteiger partial charge in [0.1, 0.15) is 12.1 Å². The molecule has 0 saturated carbocycles. The Morgan fingerprint density at radius 2 is 2.12 bits per heavy atom. The van der Waals surface area contributed by atoms with Gasteiger partial charge in [-0.25, -0.2) is 9.97 Å². The lowest BCUT2D eigenvalue weighted by molar-refractivity contribution is 0.0927. The maximum absolute atomic E-state index is 12.6. The second kappa shape index (κ2) is 7.57. The van der Waals surface area contributed by atoms with E-state index in [4.69, 9.17) is 0 Å². The van der Waals surface area contributed by atoms with Gasteiger partial charge in [0.2, 0.25) is 0 Å². The average molecular weight is 340 g/mol. The number of anilines is 1. The minimum absolute atomic E-state index is 0.0613. The van der Waals surface area contributed by atoms with Crippen molar-refractivity contribution in [3.05, 3.63) is 48.2 Å². The molecular formula is C18H24N6O. The molecule has 0 aliphatic carbocycles. The summed E-state index contributed by atoms with van der Waals surface area (Å²) in [5.74, 6) is 1.14. The summed E-state index contributed by atoms with van der Waals surface area (Å²) in [5, 5.41) is 3.18. The lowest BCUT2D eigenvalue weighted by Crippen LogP contribution is -2.43. The van der Waals surface area contributed by atoms with Crippen molar-refractivity contribution in [2.24, 2.45) is 5.92 Å². The second-order valence-corrected chi connectivity index (χ2v) is 6.76. The molecule has 2 aromatic rings. The predicted molar refractivity (Wildman–Crippen MR) is 96.5 cm³/mol. The summed E-state index contributed by atoms with van der Waals surface area (Å²) in [6.45, 7) is 4.40. The molecule has 3 rings (SSSR count). The van der Waals surface area contributed by atoms with Crippen LogP contribution in [0.4, 0.5) is 5.82 Å². The van der Waals surface area contributed by atoms with Crippen molar-refractivity contribution < 1.29 is 4.79 Å². The Kier molecular flexibility index (Phi) is 5.23. The molecule has 1 N–H and O–H groups in total. The van der Waals surface area contributed by atoms with Crippen molar-refractivity contribution >= 4 is 11.7 Å². The van der Waals surface area contributed by atoms with Crippen molar-refractivity contribution in [1.82, 2.24) is 25.2 Å². The van der Waals surface area contributed by atoms with Gasteiger partial charge in [-0.1, -0.05) is 0 Å². The third-order valence-electron chi connectivity index (χ3n) is 4.42. The van der Waals surface area contributed by atoms with E-state index in [1.54, 1.807) is 18.7 Å². The SMILES string of the molecule is Cc1ccc(C(=O)N[C@@H]2CN(c3ccncn3)C[C@H]2CN(C)C)cn1. The molecule has 1 aliphatic heterocycles. The molecule has 7 nitrogen and oxygen atoms in total. The van der Waals surface area contributed by atoms with E-state index in [9.17, 15) is 4.79 Å². The number of rotatable bonds is 5. The highest BCUT2D eigenvalue weighted by molar-refractivity contribution is 5.94. The summed E-state index contributed by atoms with van der Waals surface area (Å²) < 4.78 is 0. The first-order chi connectivity index (χ1) is 12.0. The van der Waals surface area contributed by atoms with Crippen LogP contribution in [0.15, 0.2) is 36.9 Å². The molecule has 0 bridgehead atoms. The van der Waals surface area contributed by atoms with E-state index in [0.717, 1.165) is 31.1 Å². The first-order valence-corrected chi connectivity index (χ1v) is 8.42. The first-order valence-electron chi connectivity index (χ1n) is 8.42. The molecule has 7 heteroatoms. The van der Waals surface area contributed by atoms with Gasteiger partial charge in [-0.2, -0.15) is 0 Å². The van der Waals surface area contributed by atoms with Crippen LogP contribution < -0.4 is 10.2 Å². The van der Waals surface area contributed by atoms with E-state index in [1.807, 2.05) is 25.1 Å². The fourth-order valence-electron chi connectivity index (χ4n) is 3.20. The third kappa shape index (κ3) is 4.30. The summed E-state index contributed by atoms with van der Waals surface area (Å²) in [5.41, 5.74) is 1.49. The Morgan fingerprint density at radius 1 is 1.28 bits per heavy atom. The van der Waals surface area contributed by atoms with E-state index < -0.39 is 0 Å². The maximum atomic E-state index is 12.6. The van der Waals surface area contributed by atoms with Gasteiger partial charge in [0.05, 0.1) is 11.6 Å². The molecule has 0 aromatic carbocycles. The van der Waals surface area contributed by atoms with Gasteiger partial charge in [0.15, 0.2) is 0 Å². The Morgan fingerprint density at radius 3 is 2.76 bits per heavy atom. The first kappa shape index (κ1) is 17.3. The van der Waals surface area contributed by atoms with Crippen LogP contribution in [-0.2, 0) is 0 Å². The number of amides is 1. The zero-order valence-electron chi connectivity index (χ0n) is 14.9. The largest absolute Gasteiger partial charge is 0.354 e. The van der Waals surface area contributed by atoms with Crippen LogP contribution in [-0.4, -0.2) is 65.5 Å². The van der Waals surface area contributed by atoms with Crippen molar-refractivity contribution in [3.63, 3.8) is 0 Å². The topological polar surface area (TPSA) is 74.2 Å². The normalized spacial score (nSPS) is 20.1. The van der Waals surface area contributed by atoms with E-state index in [-0.39, 0.29) is 11.9 Å². The van der Waals surface area contributed by atoms with Crippen LogP contribution in [0, 0.1) is 12.8 Å². The predicted octanol–water partition coefficient (Wildman–Crippen LogP) is 0.976. The second-order valence-electron chi connectivity index (χ2n) is 6.76. The molecular weight excluding hydrogens is 316 g/mol. The lowest BCUT2D eigenvalue weighted by atomic mass is 10.0. The quantitative estimate of drug-likeness (QED) is 0.874. The summed E-state index contributed by atoms with van der Waals surface area (Å²) in [7, 11) is 4.10. The van der Waals surface area contributed by atoms with Crippen LogP contribution >= 0.6 is 0 Å². The smallest absolute Gasteiger partial charge is 0.253 e. The number of carbonyl (C=O) groups is 1. The zero-order chi connectivity index (χ0) is 17.8. The molecule has 3 heterocycles. The molecule has 2 atom stereocenters. The van der Waals surface area contributed by atoms with Gasteiger partial charge in [0, 0.05) is 43.6 Å². The minimum atomic E-state index is -0.0780. The van der Waals surface area contributed by atoms with Gasteiger partial charge < -0.3 is 15.1 Å². The van der Waals surface area contributed by atoms with Crippen molar-refractivity contribution in [2.45, 2.75) is 13.0 Å². The third-order valence-corrected chi connectivity index (χ3v) is 4.42. The summed E-state index contributed by atoms with van der Waals surface area (Å²) >= 11 is 0. The van der Waals surface area contributed by atoms with Crippen LogP contribution in [0.5, 0.6) is 0 Å². The molecule has 2 aromatic heterocycles. The van der Waals surface area contributed by atoms with Crippen LogP contribution in [0.2, 0.25) is 0 Å². The highest BCUT2D eigenvalue weighted by Crippen LogP contribution is 2.23. The highest BCUT2D eigenvalue weighted by atomic mass is 16.1. The number of aromatic nitrogens is 3. The standard InChI is InChI=1S/C18H24N6O/c1-13-4-5-14(8-20-13)18(25)22-16-11-24(10-15(16)9-23(2)3)17-6-7-19-12-21-17/h4-8,12,15-16H,9-11H2,1-3H3,(H,22,25)/t15-,16-/m1/s1. The fourth-order valence-corrected chi connectivity index (χ4v) is 3.20. The Labute approximate surface area is 148 Å². The Balaban J connectivity index is 1.72. The van der Waals surface area contributed by atoms with Gasteiger partial charge >= 0.3 is 0 Å². The van der Waals surface area contributed by atoms with E-state index in [1.165, 1.54) is 0 Å². The zero-order valence-corrected chi connectivity index (χ0v) is 14.9.